The third-order valence-electron chi connectivity index (χ3n) is 2.27. The predicted octanol–water partition coefficient (Wildman–Crippen LogP) is -0.145. The van der Waals surface area contributed by atoms with Crippen LogP contribution in [0.5, 0.6) is 0 Å². The number of benzene rings is 1. The maximum Gasteiger partial charge on any atom is 0.276 e. The van der Waals surface area contributed by atoms with Gasteiger partial charge in [-0.15, -0.1) is 0 Å². The quantitative estimate of drug-likeness (QED) is 0.435. The molecule has 1 heterocycles. The average Bonchev–Trinajstić information content (AvgIpc) is 2.76. The van der Waals surface area contributed by atoms with Crippen molar-refractivity contribution in [3.63, 3.8) is 0 Å². The molecule has 0 saturated carbocycles. The number of para-hydroxylation sites is 1. The number of nitrogens with two attached hydrogens (primary N) is 1. The molecule has 0 fully saturated rings. The molecule has 0 atom stereocenters. The van der Waals surface area contributed by atoms with Gasteiger partial charge in [0, 0.05) is 11.8 Å². The van der Waals surface area contributed by atoms with E-state index in [9.17, 15) is 14.4 Å². The molecule has 0 spiro atoms. The molecule has 1 aromatic carbocycles. The van der Waals surface area contributed by atoms with E-state index in [1.807, 2.05) is 0 Å². The van der Waals surface area contributed by atoms with Crippen LogP contribution >= 0.6 is 0 Å². The Labute approximate surface area is 101 Å². The summed E-state index contributed by atoms with van der Waals surface area (Å²) >= 11 is 0. The van der Waals surface area contributed by atoms with Crippen molar-refractivity contribution >= 4 is 17.5 Å². The zero-order valence-corrected chi connectivity index (χ0v) is 9.19. The maximum atomic E-state index is 11.7. The van der Waals surface area contributed by atoms with E-state index in [0.29, 0.717) is 0 Å². The third kappa shape index (κ3) is 2.29. The maximum absolute atomic E-state index is 11.7. The molecule has 0 aliphatic heterocycles. The number of carbonyl (C=O) groups excluding carboxylic acids is 2. The van der Waals surface area contributed by atoms with Gasteiger partial charge in [0.25, 0.3) is 17.4 Å². The lowest BCUT2D eigenvalue weighted by Crippen LogP contribution is -2.31. The monoisotopic (exact) mass is 246 g/mol. The molecule has 2 aromatic rings. The molecule has 2 amide bonds. The van der Waals surface area contributed by atoms with Crippen LogP contribution in [0, 0.1) is 0 Å². The first kappa shape index (κ1) is 11.6. The van der Waals surface area contributed by atoms with Crippen LogP contribution in [0.1, 0.15) is 20.8 Å². The topological polar surface area (TPSA) is 121 Å². The van der Waals surface area contributed by atoms with Crippen LogP contribution in [0.4, 0.5) is 5.69 Å². The fourth-order valence-electron chi connectivity index (χ4n) is 1.40. The molecule has 0 aliphatic carbocycles. The molecule has 0 radical (unpaired) electrons. The van der Waals surface area contributed by atoms with Gasteiger partial charge >= 0.3 is 0 Å². The Balaban J connectivity index is 2.15. The molecule has 92 valence electrons. The molecule has 0 aliphatic rings. The third-order valence-corrected chi connectivity index (χ3v) is 2.27. The Morgan fingerprint density at radius 3 is 2.44 bits per heavy atom. The van der Waals surface area contributed by atoms with E-state index in [0.717, 1.165) is 6.07 Å². The standard InChI is InChI=1S/C11H10N4O3/c12-7-4-2-1-3-6(7)10(17)13-11(18)8-5-9(16)15-14-8/h1-5H,12H2,(H,13,17,18)(H2,14,15,16). The first-order valence-corrected chi connectivity index (χ1v) is 5.06. The van der Waals surface area contributed by atoms with Crippen molar-refractivity contribution in [1.29, 1.82) is 0 Å². The minimum absolute atomic E-state index is 0.0251. The van der Waals surface area contributed by atoms with Gasteiger partial charge < -0.3 is 5.73 Å². The van der Waals surface area contributed by atoms with E-state index < -0.39 is 17.4 Å². The lowest BCUT2D eigenvalue weighted by molar-refractivity contribution is 0.0847. The van der Waals surface area contributed by atoms with Crippen LogP contribution in [-0.2, 0) is 0 Å². The summed E-state index contributed by atoms with van der Waals surface area (Å²) in [6.45, 7) is 0. The number of hydrogen-bond donors (Lipinski definition) is 4. The summed E-state index contributed by atoms with van der Waals surface area (Å²) in [5.41, 5.74) is 5.59. The van der Waals surface area contributed by atoms with Crippen LogP contribution in [0.2, 0.25) is 0 Å². The fraction of sp³-hybridized carbons (Fsp3) is 0. The predicted molar refractivity (Wildman–Crippen MR) is 64.1 cm³/mol. The first-order chi connectivity index (χ1) is 8.58. The van der Waals surface area contributed by atoms with Crippen molar-refractivity contribution in [2.24, 2.45) is 0 Å². The van der Waals surface area contributed by atoms with Crippen molar-refractivity contribution in [2.75, 3.05) is 5.73 Å². The smallest absolute Gasteiger partial charge is 0.276 e. The largest absolute Gasteiger partial charge is 0.398 e. The Hall–Kier alpha value is -2.83. The molecule has 7 nitrogen and oxygen atoms in total. The molecule has 5 N–H and O–H groups in total. The van der Waals surface area contributed by atoms with Gasteiger partial charge in [-0.3, -0.25) is 29.9 Å². The zero-order chi connectivity index (χ0) is 13.1. The molecule has 7 heteroatoms. The number of carbonyl (C=O) groups is 2. The van der Waals surface area contributed by atoms with E-state index in [1.54, 1.807) is 18.2 Å². The SMILES string of the molecule is Nc1ccccc1C(=O)NC(=O)c1cc(=O)[nH][nH]1. The van der Waals surface area contributed by atoms with Gasteiger partial charge in [-0.25, -0.2) is 0 Å². The second-order valence-corrected chi connectivity index (χ2v) is 3.54. The molecular formula is C11H10N4O3. The number of nitrogens with one attached hydrogen (secondary N) is 3. The average molecular weight is 246 g/mol. The highest BCUT2D eigenvalue weighted by Gasteiger charge is 2.15. The lowest BCUT2D eigenvalue weighted by atomic mass is 10.1. The van der Waals surface area contributed by atoms with Crippen LogP contribution in [0.15, 0.2) is 35.1 Å². The summed E-state index contributed by atoms with van der Waals surface area (Å²) in [4.78, 5) is 34.2. The van der Waals surface area contributed by atoms with Crippen LogP contribution in [0.3, 0.4) is 0 Å². The molecule has 0 unspecified atom stereocenters. The Kier molecular flexibility index (Phi) is 2.96. The molecule has 0 saturated heterocycles. The van der Waals surface area contributed by atoms with Gasteiger partial charge in [0.15, 0.2) is 0 Å². The van der Waals surface area contributed by atoms with Gasteiger partial charge in [-0.2, -0.15) is 0 Å². The number of anilines is 1. The number of amides is 2. The highest BCUT2D eigenvalue weighted by atomic mass is 16.2. The van der Waals surface area contributed by atoms with Gasteiger partial charge in [-0.05, 0) is 12.1 Å². The summed E-state index contributed by atoms with van der Waals surface area (Å²) in [7, 11) is 0. The highest BCUT2D eigenvalue weighted by molar-refractivity contribution is 6.11. The van der Waals surface area contributed by atoms with Gasteiger partial charge in [0.2, 0.25) is 0 Å². The number of nitrogen functional groups attached to an aromatic ring is 1. The summed E-state index contributed by atoms with van der Waals surface area (Å²) in [5, 5.41) is 6.66. The summed E-state index contributed by atoms with van der Waals surface area (Å²) in [5.74, 6) is -1.33. The molecule has 2 rings (SSSR count). The molecule has 1 aromatic heterocycles. The van der Waals surface area contributed by atoms with Gasteiger partial charge in [-0.1, -0.05) is 12.1 Å². The van der Waals surface area contributed by atoms with E-state index in [-0.39, 0.29) is 16.9 Å². The van der Waals surface area contributed by atoms with Crippen LogP contribution < -0.4 is 16.6 Å². The summed E-state index contributed by atoms with van der Waals surface area (Å²) < 4.78 is 0. The first-order valence-electron chi connectivity index (χ1n) is 5.06. The molecular weight excluding hydrogens is 236 g/mol. The zero-order valence-electron chi connectivity index (χ0n) is 9.19. The Morgan fingerprint density at radius 2 is 1.83 bits per heavy atom. The molecule has 18 heavy (non-hydrogen) atoms. The van der Waals surface area contributed by atoms with Gasteiger partial charge in [0.1, 0.15) is 5.69 Å². The normalized spacial score (nSPS) is 10.0. The number of H-pyrrole nitrogens is 2. The van der Waals surface area contributed by atoms with Crippen molar-refractivity contribution < 1.29 is 9.59 Å². The Bertz CT molecular complexity index is 656. The number of aromatic amines is 2. The van der Waals surface area contributed by atoms with Crippen molar-refractivity contribution in [2.45, 2.75) is 0 Å². The van der Waals surface area contributed by atoms with E-state index in [1.165, 1.54) is 6.07 Å². The van der Waals surface area contributed by atoms with Crippen molar-refractivity contribution in [3.8, 4) is 0 Å². The van der Waals surface area contributed by atoms with Crippen LogP contribution in [0.25, 0.3) is 0 Å². The van der Waals surface area contributed by atoms with Gasteiger partial charge in [0.05, 0.1) is 5.56 Å². The van der Waals surface area contributed by atoms with E-state index >= 15 is 0 Å². The number of imide groups is 1. The highest BCUT2D eigenvalue weighted by Crippen LogP contribution is 2.09. The minimum atomic E-state index is -0.707. The second-order valence-electron chi connectivity index (χ2n) is 3.54. The minimum Gasteiger partial charge on any atom is -0.398 e. The number of rotatable bonds is 2. The number of hydrogen-bond acceptors (Lipinski definition) is 4. The summed E-state index contributed by atoms with van der Waals surface area (Å²) in [6, 6.07) is 7.41. The lowest BCUT2D eigenvalue weighted by Gasteiger charge is -2.04. The number of aromatic nitrogens is 2. The second kappa shape index (κ2) is 4.58. The van der Waals surface area contributed by atoms with Crippen molar-refractivity contribution in [1.82, 2.24) is 15.5 Å². The fourth-order valence-corrected chi connectivity index (χ4v) is 1.40. The molecule has 0 bridgehead atoms. The van der Waals surface area contributed by atoms with E-state index in [4.69, 9.17) is 5.73 Å². The van der Waals surface area contributed by atoms with Crippen molar-refractivity contribution in [3.05, 3.63) is 51.9 Å². The summed E-state index contributed by atoms with van der Waals surface area (Å²) in [6.07, 6.45) is 0. The van der Waals surface area contributed by atoms with Crippen LogP contribution in [-0.4, -0.2) is 22.0 Å². The van der Waals surface area contributed by atoms with E-state index in [2.05, 4.69) is 15.5 Å². The Morgan fingerprint density at radius 1 is 1.11 bits per heavy atom.